The lowest BCUT2D eigenvalue weighted by molar-refractivity contribution is -0.121. The Morgan fingerprint density at radius 2 is 1.90 bits per heavy atom. The van der Waals surface area contributed by atoms with E-state index < -0.39 is 0 Å². The van der Waals surface area contributed by atoms with Gasteiger partial charge in [-0.3, -0.25) is 4.79 Å². The Labute approximate surface area is 176 Å². The number of carbonyl (C=O) groups excluding carboxylic acids is 1. The van der Waals surface area contributed by atoms with E-state index >= 15 is 0 Å². The lowest BCUT2D eigenvalue weighted by Gasteiger charge is -2.21. The van der Waals surface area contributed by atoms with Crippen LogP contribution in [0.5, 0.6) is 0 Å². The van der Waals surface area contributed by atoms with Gasteiger partial charge in [-0.2, -0.15) is 4.68 Å². The van der Waals surface area contributed by atoms with E-state index in [1.807, 2.05) is 44.2 Å². The number of rotatable bonds is 8. The Morgan fingerprint density at radius 3 is 2.62 bits per heavy atom. The second-order valence-corrected chi connectivity index (χ2v) is 8.42. The van der Waals surface area contributed by atoms with Gasteiger partial charge in [-0.05, 0) is 60.4 Å². The molecule has 2 aromatic carbocycles. The fraction of sp³-hybridized carbons (Fsp3) is 0.364. The van der Waals surface area contributed by atoms with Crippen LogP contribution < -0.4 is 5.32 Å². The molecule has 0 aliphatic rings. The molecule has 0 aliphatic heterocycles. The number of nitrogens with zero attached hydrogens (tertiary/aromatic N) is 4. The van der Waals surface area contributed by atoms with Crippen molar-refractivity contribution in [3.05, 3.63) is 65.2 Å². The van der Waals surface area contributed by atoms with Crippen molar-refractivity contribution < 1.29 is 4.79 Å². The molecular weight excluding hydrogens is 382 g/mol. The van der Waals surface area contributed by atoms with Gasteiger partial charge in [0.05, 0.1) is 17.0 Å². The molecule has 0 fully saturated rings. The lowest BCUT2D eigenvalue weighted by Crippen LogP contribution is -2.34. The van der Waals surface area contributed by atoms with Crippen LogP contribution in [0.3, 0.4) is 0 Å². The molecule has 1 N–H and O–H groups in total. The van der Waals surface area contributed by atoms with Gasteiger partial charge in [-0.25, -0.2) is 0 Å². The highest BCUT2D eigenvalue weighted by Gasteiger charge is 2.22. The zero-order valence-corrected chi connectivity index (χ0v) is 18.1. The average Bonchev–Trinajstić information content (AvgIpc) is 3.18. The number of hydrogen-bond acceptors (Lipinski definition) is 5. The van der Waals surface area contributed by atoms with Gasteiger partial charge >= 0.3 is 0 Å². The van der Waals surface area contributed by atoms with Gasteiger partial charge in [0, 0.05) is 0 Å². The van der Waals surface area contributed by atoms with Crippen LogP contribution in [0.1, 0.15) is 49.4 Å². The van der Waals surface area contributed by atoms with Crippen LogP contribution in [-0.4, -0.2) is 31.4 Å². The summed E-state index contributed by atoms with van der Waals surface area (Å²) in [5.74, 6) is -0.0205. The number of nitrogens with one attached hydrogen (secondary N) is 1. The van der Waals surface area contributed by atoms with Crippen molar-refractivity contribution in [3.8, 4) is 5.69 Å². The number of hydrogen-bond donors (Lipinski definition) is 1. The van der Waals surface area contributed by atoms with E-state index in [9.17, 15) is 4.79 Å². The van der Waals surface area contributed by atoms with E-state index in [4.69, 9.17) is 0 Å². The standard InChI is InChI=1S/C22H27N5OS/c1-5-10-19(18-12-7-6-8-13-18)23-21(28)17(4)29-22-24-25-26-27(22)20-14-9-11-15(2)16(20)3/h6-9,11-14,17,19H,5,10H2,1-4H3,(H,23,28)/t17-,19+/m1/s1. The largest absolute Gasteiger partial charge is 0.348 e. The molecule has 0 aliphatic carbocycles. The van der Waals surface area contributed by atoms with Crippen molar-refractivity contribution in [1.82, 2.24) is 25.5 Å². The average molecular weight is 410 g/mol. The number of aromatic nitrogens is 4. The van der Waals surface area contributed by atoms with Crippen LogP contribution in [0.15, 0.2) is 53.7 Å². The monoisotopic (exact) mass is 409 g/mol. The molecule has 1 amide bonds. The third-order valence-corrected chi connectivity index (χ3v) is 6.03. The second kappa shape index (κ2) is 9.69. The van der Waals surface area contributed by atoms with Crippen LogP contribution in [0, 0.1) is 13.8 Å². The quantitative estimate of drug-likeness (QED) is 0.558. The van der Waals surface area contributed by atoms with E-state index in [2.05, 4.69) is 52.9 Å². The SMILES string of the molecule is CCC[C@H](NC(=O)[C@@H](C)Sc1nnnn1-c1cccc(C)c1C)c1ccccc1. The highest BCUT2D eigenvalue weighted by atomic mass is 32.2. The predicted molar refractivity (Wildman–Crippen MR) is 116 cm³/mol. The minimum absolute atomic E-state index is 0.00626. The van der Waals surface area contributed by atoms with Gasteiger partial charge in [0.1, 0.15) is 0 Å². The fourth-order valence-electron chi connectivity index (χ4n) is 3.17. The summed E-state index contributed by atoms with van der Waals surface area (Å²) in [5, 5.41) is 15.6. The Hall–Kier alpha value is -2.67. The first-order chi connectivity index (χ1) is 14.0. The molecule has 0 radical (unpaired) electrons. The maximum Gasteiger partial charge on any atom is 0.233 e. The summed E-state index contributed by atoms with van der Waals surface area (Å²) in [6.45, 7) is 8.12. The summed E-state index contributed by atoms with van der Waals surface area (Å²) in [7, 11) is 0. The van der Waals surface area contributed by atoms with Gasteiger partial charge in [0.2, 0.25) is 11.1 Å². The van der Waals surface area contributed by atoms with E-state index in [-0.39, 0.29) is 17.2 Å². The molecule has 0 saturated carbocycles. The van der Waals surface area contributed by atoms with E-state index in [1.165, 1.54) is 17.3 Å². The van der Waals surface area contributed by atoms with Gasteiger partial charge in [-0.15, -0.1) is 5.10 Å². The number of aryl methyl sites for hydroxylation is 1. The number of amides is 1. The molecule has 7 heteroatoms. The van der Waals surface area contributed by atoms with Crippen molar-refractivity contribution in [1.29, 1.82) is 0 Å². The van der Waals surface area contributed by atoms with Crippen LogP contribution in [0.4, 0.5) is 0 Å². The van der Waals surface area contributed by atoms with Crippen LogP contribution in [0.25, 0.3) is 5.69 Å². The first-order valence-corrected chi connectivity index (χ1v) is 10.8. The van der Waals surface area contributed by atoms with Crippen molar-refractivity contribution in [2.45, 2.75) is 57.0 Å². The van der Waals surface area contributed by atoms with Crippen LogP contribution in [0.2, 0.25) is 0 Å². The Balaban J connectivity index is 1.74. The molecule has 0 saturated heterocycles. The molecule has 0 spiro atoms. The Kier molecular flexibility index (Phi) is 7.04. The van der Waals surface area contributed by atoms with Crippen molar-refractivity contribution >= 4 is 17.7 Å². The molecule has 6 nitrogen and oxygen atoms in total. The van der Waals surface area contributed by atoms with Crippen LogP contribution in [-0.2, 0) is 4.79 Å². The highest BCUT2D eigenvalue weighted by molar-refractivity contribution is 8.00. The summed E-state index contributed by atoms with van der Waals surface area (Å²) < 4.78 is 1.71. The number of tetrazole rings is 1. The molecule has 2 atom stereocenters. The molecule has 3 aromatic rings. The maximum absolute atomic E-state index is 12.9. The molecule has 1 aromatic heterocycles. The van der Waals surface area contributed by atoms with Gasteiger partial charge < -0.3 is 5.32 Å². The van der Waals surface area contributed by atoms with Crippen molar-refractivity contribution in [2.75, 3.05) is 0 Å². The van der Waals surface area contributed by atoms with E-state index in [0.717, 1.165) is 29.7 Å². The predicted octanol–water partition coefficient (Wildman–Crippen LogP) is 4.42. The fourth-order valence-corrected chi connectivity index (χ4v) is 3.98. The second-order valence-electron chi connectivity index (χ2n) is 7.11. The van der Waals surface area contributed by atoms with Gasteiger partial charge in [0.25, 0.3) is 0 Å². The smallest absolute Gasteiger partial charge is 0.233 e. The normalized spacial score (nSPS) is 13.1. The van der Waals surface area contributed by atoms with Crippen LogP contribution >= 0.6 is 11.8 Å². The lowest BCUT2D eigenvalue weighted by atomic mass is 10.0. The number of thioether (sulfide) groups is 1. The minimum atomic E-state index is -0.326. The van der Waals surface area contributed by atoms with E-state index in [1.54, 1.807) is 4.68 Å². The van der Waals surface area contributed by atoms with E-state index in [0.29, 0.717) is 5.16 Å². The van der Waals surface area contributed by atoms with Gasteiger partial charge in [0.15, 0.2) is 0 Å². The zero-order chi connectivity index (χ0) is 20.8. The van der Waals surface area contributed by atoms with Crippen molar-refractivity contribution in [3.63, 3.8) is 0 Å². The molecular formula is C22H27N5OS. The zero-order valence-electron chi connectivity index (χ0n) is 17.3. The maximum atomic E-state index is 12.9. The molecule has 3 rings (SSSR count). The molecule has 152 valence electrons. The summed E-state index contributed by atoms with van der Waals surface area (Å²) in [6, 6.07) is 16.1. The minimum Gasteiger partial charge on any atom is -0.348 e. The number of carbonyl (C=O) groups is 1. The van der Waals surface area contributed by atoms with Gasteiger partial charge in [-0.1, -0.05) is 67.6 Å². The summed E-state index contributed by atoms with van der Waals surface area (Å²) in [6.07, 6.45) is 1.89. The first kappa shape index (κ1) is 21.0. The Bertz CT molecular complexity index is 957. The molecule has 0 unspecified atom stereocenters. The Morgan fingerprint density at radius 1 is 1.14 bits per heavy atom. The van der Waals surface area contributed by atoms with Crippen molar-refractivity contribution in [2.24, 2.45) is 0 Å². The third-order valence-electron chi connectivity index (χ3n) is 4.99. The first-order valence-electron chi connectivity index (χ1n) is 9.88. The topological polar surface area (TPSA) is 72.7 Å². The summed E-state index contributed by atoms with van der Waals surface area (Å²) >= 11 is 1.36. The molecule has 0 bridgehead atoms. The highest BCUT2D eigenvalue weighted by Crippen LogP contribution is 2.26. The molecule has 1 heterocycles. The summed E-state index contributed by atoms with van der Waals surface area (Å²) in [5.41, 5.74) is 4.34. The summed E-state index contributed by atoms with van der Waals surface area (Å²) in [4.78, 5) is 12.9. The molecule has 29 heavy (non-hydrogen) atoms. The third kappa shape index (κ3) is 5.03. The number of benzene rings is 2.